The third-order valence-corrected chi connectivity index (χ3v) is 4.54. The lowest BCUT2D eigenvalue weighted by molar-refractivity contribution is 0.274. The quantitative estimate of drug-likeness (QED) is 0.351. The van der Waals surface area contributed by atoms with Crippen LogP contribution in [0.25, 0.3) is 16.6 Å². The van der Waals surface area contributed by atoms with Gasteiger partial charge in [-0.2, -0.15) is 9.49 Å². The minimum Gasteiger partial charge on any atom is -0.473 e. The normalized spacial score (nSPS) is 11.2. The van der Waals surface area contributed by atoms with E-state index in [0.717, 1.165) is 30.0 Å². The van der Waals surface area contributed by atoms with Gasteiger partial charge in [-0.3, -0.25) is 0 Å². The Kier molecular flexibility index (Phi) is 4.70. The molecule has 4 nitrogen and oxygen atoms in total. The molecule has 0 fully saturated rings. The van der Waals surface area contributed by atoms with Crippen molar-refractivity contribution in [3.05, 3.63) is 82.8 Å². The summed E-state index contributed by atoms with van der Waals surface area (Å²) in [6.07, 6.45) is 0.807. The Hall–Kier alpha value is -3.42. The molecule has 0 saturated carbocycles. The highest BCUT2D eigenvalue weighted by molar-refractivity contribution is 5.83. The molecular formula is C21H15F4N3O. The molecule has 8 heteroatoms. The molecule has 148 valence electrons. The highest BCUT2D eigenvalue weighted by Crippen LogP contribution is 2.33. The minimum absolute atomic E-state index is 0.0155. The molecule has 4 rings (SSSR count). The van der Waals surface area contributed by atoms with E-state index in [0.29, 0.717) is 16.8 Å². The van der Waals surface area contributed by atoms with E-state index >= 15 is 0 Å². The summed E-state index contributed by atoms with van der Waals surface area (Å²) in [6.45, 7) is 3.07. The standard InChI is InChI=1S/C21H15F4N3O/c1-11-6-18-21(13-8-19(25)26-9-17(13)24)12(2)27-28(18)20(7-11)29-10-14-15(22)4-3-5-16(14)23/h3-9H,10H2,1-2H3. The summed E-state index contributed by atoms with van der Waals surface area (Å²) in [5, 5.41) is 4.35. The second kappa shape index (κ2) is 7.20. The van der Waals surface area contributed by atoms with Crippen molar-refractivity contribution in [2.24, 2.45) is 0 Å². The smallest absolute Gasteiger partial charge is 0.215 e. The lowest BCUT2D eigenvalue weighted by Crippen LogP contribution is -2.05. The van der Waals surface area contributed by atoms with Crippen molar-refractivity contribution >= 4 is 5.52 Å². The maximum atomic E-state index is 14.3. The molecule has 0 N–H and O–H groups in total. The molecule has 29 heavy (non-hydrogen) atoms. The topological polar surface area (TPSA) is 39.4 Å². The Morgan fingerprint density at radius 2 is 1.69 bits per heavy atom. The van der Waals surface area contributed by atoms with Crippen LogP contribution in [-0.2, 0) is 6.61 Å². The molecule has 0 saturated heterocycles. The Bertz CT molecular complexity index is 1220. The average Bonchev–Trinajstić information content (AvgIpc) is 2.99. The largest absolute Gasteiger partial charge is 0.473 e. The van der Waals surface area contributed by atoms with Gasteiger partial charge in [0.1, 0.15) is 24.1 Å². The Morgan fingerprint density at radius 3 is 2.41 bits per heavy atom. The lowest BCUT2D eigenvalue weighted by atomic mass is 10.0. The van der Waals surface area contributed by atoms with Crippen LogP contribution >= 0.6 is 0 Å². The van der Waals surface area contributed by atoms with Gasteiger partial charge >= 0.3 is 0 Å². The van der Waals surface area contributed by atoms with Crippen LogP contribution in [0.2, 0.25) is 0 Å². The van der Waals surface area contributed by atoms with Gasteiger partial charge in [-0.05, 0) is 37.6 Å². The summed E-state index contributed by atoms with van der Waals surface area (Å²) in [6, 6.07) is 7.94. The molecule has 0 spiro atoms. The van der Waals surface area contributed by atoms with Gasteiger partial charge in [-0.25, -0.2) is 22.7 Å². The molecule has 3 aromatic heterocycles. The summed E-state index contributed by atoms with van der Waals surface area (Å²) in [7, 11) is 0. The summed E-state index contributed by atoms with van der Waals surface area (Å²) in [4.78, 5) is 3.31. The summed E-state index contributed by atoms with van der Waals surface area (Å²) < 4.78 is 62.8. The zero-order valence-corrected chi connectivity index (χ0v) is 15.5. The number of aryl methyl sites for hydroxylation is 2. The minimum atomic E-state index is -0.820. The number of ether oxygens (including phenoxy) is 1. The zero-order chi connectivity index (χ0) is 20.7. The first-order valence-corrected chi connectivity index (χ1v) is 8.72. The van der Waals surface area contributed by atoms with Crippen LogP contribution in [0.1, 0.15) is 16.8 Å². The number of rotatable bonds is 4. The number of hydrogen-bond acceptors (Lipinski definition) is 3. The van der Waals surface area contributed by atoms with Crippen LogP contribution in [0, 0.1) is 37.2 Å². The molecule has 0 radical (unpaired) electrons. The second-order valence-corrected chi connectivity index (χ2v) is 6.60. The van der Waals surface area contributed by atoms with E-state index in [1.165, 1.54) is 10.6 Å². The summed E-state index contributed by atoms with van der Waals surface area (Å²) >= 11 is 0. The van der Waals surface area contributed by atoms with Gasteiger partial charge in [-0.1, -0.05) is 6.07 Å². The van der Waals surface area contributed by atoms with Crippen molar-refractivity contribution in [3.8, 4) is 17.0 Å². The van der Waals surface area contributed by atoms with Crippen molar-refractivity contribution in [2.45, 2.75) is 20.5 Å². The van der Waals surface area contributed by atoms with Gasteiger partial charge < -0.3 is 4.74 Å². The molecule has 0 aliphatic rings. The van der Waals surface area contributed by atoms with Crippen molar-refractivity contribution in [3.63, 3.8) is 0 Å². The van der Waals surface area contributed by atoms with E-state index in [-0.39, 0.29) is 23.6 Å². The maximum absolute atomic E-state index is 14.3. The summed E-state index contributed by atoms with van der Waals surface area (Å²) in [5.74, 6) is -2.74. The van der Waals surface area contributed by atoms with Crippen molar-refractivity contribution in [1.29, 1.82) is 0 Å². The predicted octanol–water partition coefficient (Wildman–Crippen LogP) is 5.15. The SMILES string of the molecule is Cc1cc(OCc2c(F)cccc2F)n2nc(C)c(-c3cc(F)ncc3F)c2c1. The van der Waals surface area contributed by atoms with Crippen LogP contribution in [0.15, 0.2) is 42.6 Å². The maximum Gasteiger partial charge on any atom is 0.215 e. The molecule has 3 heterocycles. The van der Waals surface area contributed by atoms with Crippen LogP contribution in [0.4, 0.5) is 17.6 Å². The second-order valence-electron chi connectivity index (χ2n) is 6.60. The van der Waals surface area contributed by atoms with Gasteiger partial charge in [-0.15, -0.1) is 0 Å². The fourth-order valence-corrected chi connectivity index (χ4v) is 3.22. The van der Waals surface area contributed by atoms with Gasteiger partial charge in [0.05, 0.1) is 23.0 Å². The number of nitrogens with zero attached hydrogens (tertiary/aromatic N) is 3. The molecule has 0 atom stereocenters. The van der Waals surface area contributed by atoms with Crippen LogP contribution in [0.3, 0.4) is 0 Å². The summed E-state index contributed by atoms with van der Waals surface area (Å²) in [5.41, 5.74) is 1.83. The number of fused-ring (bicyclic) bond motifs is 1. The number of aromatic nitrogens is 3. The van der Waals surface area contributed by atoms with Crippen LogP contribution in [0.5, 0.6) is 5.88 Å². The fourth-order valence-electron chi connectivity index (χ4n) is 3.22. The lowest BCUT2D eigenvalue weighted by Gasteiger charge is -2.11. The molecule has 4 aromatic rings. The third-order valence-electron chi connectivity index (χ3n) is 4.54. The van der Waals surface area contributed by atoms with E-state index in [2.05, 4.69) is 10.1 Å². The third kappa shape index (κ3) is 3.41. The van der Waals surface area contributed by atoms with Crippen molar-refractivity contribution in [1.82, 2.24) is 14.6 Å². The van der Waals surface area contributed by atoms with Gasteiger partial charge in [0.15, 0.2) is 0 Å². The van der Waals surface area contributed by atoms with Crippen molar-refractivity contribution in [2.75, 3.05) is 0 Å². The first-order chi connectivity index (χ1) is 13.8. The van der Waals surface area contributed by atoms with Gasteiger partial charge in [0.2, 0.25) is 11.8 Å². The number of halogens is 4. The Morgan fingerprint density at radius 1 is 0.966 bits per heavy atom. The van der Waals surface area contributed by atoms with Crippen LogP contribution < -0.4 is 4.74 Å². The molecule has 1 aromatic carbocycles. The molecule has 0 amide bonds. The first kappa shape index (κ1) is 18.9. The first-order valence-electron chi connectivity index (χ1n) is 8.72. The molecule has 0 unspecified atom stereocenters. The Labute approximate surface area is 163 Å². The van der Waals surface area contributed by atoms with Crippen LogP contribution in [-0.4, -0.2) is 14.6 Å². The monoisotopic (exact) mass is 401 g/mol. The van der Waals surface area contributed by atoms with E-state index in [1.54, 1.807) is 26.0 Å². The Balaban J connectivity index is 1.82. The number of pyridine rings is 2. The van der Waals surface area contributed by atoms with E-state index in [9.17, 15) is 17.6 Å². The molecular weight excluding hydrogens is 386 g/mol. The highest BCUT2D eigenvalue weighted by Gasteiger charge is 2.19. The molecule has 0 aliphatic heterocycles. The van der Waals surface area contributed by atoms with Gasteiger partial charge in [0.25, 0.3) is 0 Å². The fraction of sp³-hybridized carbons (Fsp3) is 0.143. The molecule has 0 aliphatic carbocycles. The van der Waals surface area contributed by atoms with Crippen molar-refractivity contribution < 1.29 is 22.3 Å². The van der Waals surface area contributed by atoms with E-state index in [1.807, 2.05) is 0 Å². The molecule has 0 bridgehead atoms. The zero-order valence-electron chi connectivity index (χ0n) is 15.5. The predicted molar refractivity (Wildman–Crippen MR) is 98.5 cm³/mol. The van der Waals surface area contributed by atoms with E-state index in [4.69, 9.17) is 4.74 Å². The average molecular weight is 401 g/mol. The van der Waals surface area contributed by atoms with E-state index < -0.39 is 23.4 Å². The highest BCUT2D eigenvalue weighted by atomic mass is 19.1. The number of hydrogen-bond donors (Lipinski definition) is 0. The number of benzene rings is 1. The van der Waals surface area contributed by atoms with Gasteiger partial charge in [0, 0.05) is 23.3 Å².